The number of rotatable bonds is 12. The Morgan fingerprint density at radius 1 is 0.660 bits per heavy atom. The maximum atomic E-state index is 14.7. The summed E-state index contributed by atoms with van der Waals surface area (Å²) in [5.41, 5.74) is -1.31. The number of amides is 2. The second-order valence-electron chi connectivity index (χ2n) is 17.1. The van der Waals surface area contributed by atoms with Gasteiger partial charge in [-0.15, -0.1) is 0 Å². The molecule has 2 N–H and O–H groups in total. The zero-order chi connectivity index (χ0) is 38.4. The molecule has 9 heteroatoms. The van der Waals surface area contributed by atoms with Crippen LogP contribution in [0.4, 0.5) is 4.79 Å². The summed E-state index contributed by atoms with van der Waals surface area (Å²) in [6.07, 6.45) is -0.388. The molecular formula is C44H60BrN2O4PSi. The van der Waals surface area contributed by atoms with E-state index in [1.807, 2.05) is 65.8 Å². The lowest BCUT2D eigenvalue weighted by atomic mass is 9.86. The van der Waals surface area contributed by atoms with E-state index in [-0.39, 0.29) is 27.9 Å². The summed E-state index contributed by atoms with van der Waals surface area (Å²) in [5, 5.41) is 11.0. The Kier molecular flexibility index (Phi) is 14.9. The molecule has 0 aliphatic heterocycles. The van der Waals surface area contributed by atoms with Gasteiger partial charge in [0, 0.05) is 0 Å². The van der Waals surface area contributed by atoms with E-state index < -0.39 is 50.9 Å². The predicted molar refractivity (Wildman–Crippen MR) is 223 cm³/mol. The quantitative estimate of drug-likeness (QED) is 0.161. The number of ether oxygens (including phenoxy) is 1. The standard InChI is InChI=1S/C44H59N2O4PSi.BrH/c1-33(50-52(44(8,9)10,36-28-20-14-21-29-36)37-30-22-15-23-31-37)38(45-40(47)39(42(2,3)4)46-41(48)49-43(5,6)7)32-51(11,34-24-16-12-17-25-34)35-26-18-13-19-27-35;/h12-31,33,38-39H,32H2,1-11H3,(H-,45,46,47,48);1H/t33?,38-,39?;/m1./s1. The fraction of sp³-hybridized carbons (Fsp3) is 0.409. The van der Waals surface area contributed by atoms with E-state index in [2.05, 4.69) is 142 Å². The minimum atomic E-state index is -3.01. The Balaban J connectivity index is 0.00000756. The topological polar surface area (TPSA) is 76.7 Å². The van der Waals surface area contributed by atoms with E-state index in [9.17, 15) is 9.59 Å². The van der Waals surface area contributed by atoms with E-state index in [0.29, 0.717) is 6.16 Å². The molecule has 0 heterocycles. The van der Waals surface area contributed by atoms with Gasteiger partial charge in [0.15, 0.2) is 0 Å². The third-order valence-electron chi connectivity index (χ3n) is 9.68. The molecule has 53 heavy (non-hydrogen) atoms. The van der Waals surface area contributed by atoms with Gasteiger partial charge in [-0.05, 0) is 72.8 Å². The summed E-state index contributed by atoms with van der Waals surface area (Å²) in [7, 11) is -5.11. The summed E-state index contributed by atoms with van der Waals surface area (Å²) < 4.78 is 13.3. The summed E-state index contributed by atoms with van der Waals surface area (Å²) in [6.45, 7) is 22.6. The van der Waals surface area contributed by atoms with Gasteiger partial charge in [-0.25, -0.2) is 4.79 Å². The number of halogens is 1. The molecule has 2 unspecified atom stereocenters. The average molecular weight is 820 g/mol. The highest BCUT2D eigenvalue weighted by Gasteiger charge is 2.53. The molecule has 0 saturated carbocycles. The number of alkyl carbamates (subject to hydrolysis) is 1. The van der Waals surface area contributed by atoms with Crippen LogP contribution in [0.2, 0.25) is 5.04 Å². The van der Waals surface area contributed by atoms with E-state index in [4.69, 9.17) is 9.16 Å². The van der Waals surface area contributed by atoms with Gasteiger partial charge in [0.05, 0.1) is 42.8 Å². The molecule has 3 atom stereocenters. The molecule has 0 saturated heterocycles. The molecule has 4 rings (SSSR count). The van der Waals surface area contributed by atoms with E-state index in [1.165, 1.54) is 21.0 Å². The fourth-order valence-electron chi connectivity index (χ4n) is 7.00. The molecule has 0 aliphatic carbocycles. The number of hydrogen-bond donors (Lipinski definition) is 2. The predicted octanol–water partition coefficient (Wildman–Crippen LogP) is 4.68. The van der Waals surface area contributed by atoms with Crippen LogP contribution in [-0.4, -0.2) is 56.9 Å². The van der Waals surface area contributed by atoms with Crippen molar-refractivity contribution < 1.29 is 35.7 Å². The van der Waals surface area contributed by atoms with E-state index in [0.717, 1.165) is 0 Å². The van der Waals surface area contributed by atoms with Crippen LogP contribution in [0.3, 0.4) is 0 Å². The lowest BCUT2D eigenvalue weighted by Gasteiger charge is -2.46. The molecule has 0 spiro atoms. The molecule has 0 radical (unpaired) electrons. The second kappa shape index (κ2) is 17.9. The van der Waals surface area contributed by atoms with Crippen LogP contribution in [0.15, 0.2) is 121 Å². The van der Waals surface area contributed by atoms with E-state index in [1.54, 1.807) is 0 Å². The second-order valence-corrected chi connectivity index (χ2v) is 25.1. The van der Waals surface area contributed by atoms with Crippen LogP contribution < -0.4 is 48.6 Å². The monoisotopic (exact) mass is 818 g/mol. The maximum absolute atomic E-state index is 14.7. The Labute approximate surface area is 331 Å². The third kappa shape index (κ3) is 10.9. The van der Waals surface area contributed by atoms with Crippen molar-refractivity contribution in [1.82, 2.24) is 10.6 Å². The van der Waals surface area contributed by atoms with Crippen LogP contribution in [-0.2, 0) is 14.0 Å². The number of nitrogens with one attached hydrogen (secondary N) is 2. The molecule has 4 aromatic carbocycles. The highest BCUT2D eigenvalue weighted by atomic mass is 79.9. The van der Waals surface area contributed by atoms with Gasteiger partial charge >= 0.3 is 6.09 Å². The highest BCUT2D eigenvalue weighted by Crippen LogP contribution is 2.53. The van der Waals surface area contributed by atoms with Gasteiger partial charge in [0.1, 0.15) is 11.6 Å². The Morgan fingerprint density at radius 3 is 1.42 bits per heavy atom. The van der Waals surface area contributed by atoms with Gasteiger partial charge in [-0.1, -0.05) is 139 Å². The number of carbonyl (C=O) groups excluding carboxylic acids is 2. The molecule has 6 nitrogen and oxygen atoms in total. The Morgan fingerprint density at radius 2 is 1.06 bits per heavy atom. The molecule has 2 amide bonds. The summed E-state index contributed by atoms with van der Waals surface area (Å²) in [4.78, 5) is 27.8. The van der Waals surface area contributed by atoms with Crippen molar-refractivity contribution in [2.24, 2.45) is 5.41 Å². The first-order valence-corrected chi connectivity index (χ1v) is 22.7. The molecular weight excluding hydrogens is 759 g/mol. The minimum absolute atomic E-state index is 0. The van der Waals surface area contributed by atoms with Crippen molar-refractivity contribution >= 4 is 48.6 Å². The van der Waals surface area contributed by atoms with Crippen LogP contribution >= 0.6 is 7.26 Å². The molecule has 0 fully saturated rings. The van der Waals surface area contributed by atoms with E-state index >= 15 is 0 Å². The zero-order valence-electron chi connectivity index (χ0n) is 33.4. The van der Waals surface area contributed by atoms with Crippen LogP contribution in [0, 0.1) is 5.41 Å². The lowest BCUT2D eigenvalue weighted by molar-refractivity contribution is -0.126. The number of carbonyl (C=O) groups is 2. The Hall–Kier alpha value is -3.29. The SMILES string of the molecule is CC(O[Si](c1ccccc1)(c1ccccc1)C(C)(C)C)[C@@H](C[P+](C)(c1ccccc1)c1ccccc1)NC(=O)C(NC(=O)OC(C)(C)C)C(C)(C)C.[Br-]. The van der Waals surface area contributed by atoms with Crippen LogP contribution in [0.25, 0.3) is 0 Å². The van der Waals surface area contributed by atoms with Crippen LogP contribution in [0.5, 0.6) is 0 Å². The maximum Gasteiger partial charge on any atom is 0.408 e. The van der Waals surface area contributed by atoms with Crippen LogP contribution in [0.1, 0.15) is 69.2 Å². The number of hydrogen-bond acceptors (Lipinski definition) is 4. The van der Waals surface area contributed by atoms with Gasteiger partial charge in [-0.3, -0.25) is 4.79 Å². The minimum Gasteiger partial charge on any atom is -1.00 e. The van der Waals surface area contributed by atoms with Crippen molar-refractivity contribution in [2.75, 3.05) is 12.8 Å². The summed E-state index contributed by atoms with van der Waals surface area (Å²) >= 11 is 0. The van der Waals surface area contributed by atoms with Gasteiger partial charge in [0.2, 0.25) is 5.91 Å². The average Bonchev–Trinajstić information content (AvgIpc) is 3.08. The molecule has 286 valence electrons. The van der Waals surface area contributed by atoms with Crippen molar-refractivity contribution in [3.05, 3.63) is 121 Å². The van der Waals surface area contributed by atoms with Crippen molar-refractivity contribution in [2.45, 2.75) is 98.1 Å². The Bertz CT molecular complexity index is 1660. The van der Waals surface area contributed by atoms with Crippen molar-refractivity contribution in [3.63, 3.8) is 0 Å². The van der Waals surface area contributed by atoms with Gasteiger partial charge in [-0.2, -0.15) is 0 Å². The molecule has 0 bridgehead atoms. The smallest absolute Gasteiger partial charge is 0.408 e. The fourth-order valence-corrected chi connectivity index (χ4v) is 15.3. The normalized spacial score (nSPS) is 14.2. The molecule has 0 aliphatic rings. The first kappa shape index (κ1) is 44.1. The summed E-state index contributed by atoms with van der Waals surface area (Å²) in [6, 6.07) is 41.2. The molecule has 4 aromatic rings. The summed E-state index contributed by atoms with van der Waals surface area (Å²) in [5.74, 6) is -0.270. The van der Waals surface area contributed by atoms with Gasteiger partial charge < -0.3 is 36.8 Å². The first-order chi connectivity index (χ1) is 24.3. The zero-order valence-corrected chi connectivity index (χ0v) is 36.9. The van der Waals surface area contributed by atoms with Gasteiger partial charge in [0.25, 0.3) is 8.32 Å². The van der Waals surface area contributed by atoms with Crippen molar-refractivity contribution in [1.29, 1.82) is 0 Å². The highest BCUT2D eigenvalue weighted by molar-refractivity contribution is 7.89. The largest absolute Gasteiger partial charge is 1.00 e. The van der Waals surface area contributed by atoms with Crippen molar-refractivity contribution in [3.8, 4) is 0 Å². The lowest BCUT2D eigenvalue weighted by Crippen LogP contribution is -3.00. The first-order valence-electron chi connectivity index (χ1n) is 18.3. The number of benzene rings is 4. The third-order valence-corrected chi connectivity index (χ3v) is 18.8. The molecule has 0 aromatic heterocycles.